The lowest BCUT2D eigenvalue weighted by molar-refractivity contribution is -0.137. The number of hydrogen-bond donors (Lipinski definition) is 1. The maximum atomic E-state index is 13.5. The maximum Gasteiger partial charge on any atom is 0.416 e. The fourth-order valence-electron chi connectivity index (χ4n) is 2.71. The molecule has 0 radical (unpaired) electrons. The van der Waals surface area contributed by atoms with Gasteiger partial charge in [-0.15, -0.1) is 0 Å². The zero-order chi connectivity index (χ0) is 18.9. The fourth-order valence-corrected chi connectivity index (χ4v) is 2.71. The zero-order valence-corrected chi connectivity index (χ0v) is 13.8. The monoisotopic (exact) mass is 365 g/mol. The Morgan fingerprint density at radius 1 is 1.12 bits per heavy atom. The molecule has 4 nitrogen and oxygen atoms in total. The van der Waals surface area contributed by atoms with E-state index in [4.69, 9.17) is 0 Å². The minimum Gasteiger partial charge on any atom is -0.390 e. The van der Waals surface area contributed by atoms with E-state index in [1.54, 1.807) is 25.1 Å². The molecule has 0 fully saturated rings. The zero-order valence-electron chi connectivity index (χ0n) is 13.8. The summed E-state index contributed by atoms with van der Waals surface area (Å²) in [6, 6.07) is 7.47. The minimum atomic E-state index is -4.62. The standard InChI is InChI=1S/C18H15F4N3O/c1-11-4-17(10-26)25(24-11)16-2-3-23-15(9-16)7-12-5-13(18(20,21)22)8-14(19)6-12/h2-6,8-9,26H,7,10H2,1H3. The summed E-state index contributed by atoms with van der Waals surface area (Å²) in [5.41, 5.74) is 1.49. The number of rotatable bonds is 4. The summed E-state index contributed by atoms with van der Waals surface area (Å²) in [5, 5.41) is 13.7. The molecule has 0 spiro atoms. The smallest absolute Gasteiger partial charge is 0.390 e. The number of hydrogen-bond acceptors (Lipinski definition) is 3. The van der Waals surface area contributed by atoms with Gasteiger partial charge in [0.2, 0.25) is 0 Å². The summed E-state index contributed by atoms with van der Waals surface area (Å²) in [5.74, 6) is -0.948. The van der Waals surface area contributed by atoms with Gasteiger partial charge in [-0.05, 0) is 48.9 Å². The molecule has 1 N–H and O–H groups in total. The van der Waals surface area contributed by atoms with Gasteiger partial charge in [0.1, 0.15) is 5.82 Å². The van der Waals surface area contributed by atoms with Crippen molar-refractivity contribution < 1.29 is 22.7 Å². The van der Waals surface area contributed by atoms with Crippen molar-refractivity contribution in [1.82, 2.24) is 14.8 Å². The summed E-state index contributed by atoms with van der Waals surface area (Å²) >= 11 is 0. The first-order valence-corrected chi connectivity index (χ1v) is 7.74. The molecule has 0 saturated carbocycles. The molecular formula is C18H15F4N3O. The molecule has 8 heteroatoms. The topological polar surface area (TPSA) is 50.9 Å². The Bertz CT molecular complexity index is 934. The van der Waals surface area contributed by atoms with Crippen LogP contribution in [-0.2, 0) is 19.2 Å². The molecule has 0 atom stereocenters. The summed E-state index contributed by atoms with van der Waals surface area (Å²) in [7, 11) is 0. The number of halogens is 4. The highest BCUT2D eigenvalue weighted by Gasteiger charge is 2.31. The van der Waals surface area contributed by atoms with Crippen molar-refractivity contribution in [2.75, 3.05) is 0 Å². The van der Waals surface area contributed by atoms with Crippen LogP contribution >= 0.6 is 0 Å². The number of alkyl halides is 3. The average Bonchev–Trinajstić information content (AvgIpc) is 2.95. The van der Waals surface area contributed by atoms with Gasteiger partial charge in [-0.1, -0.05) is 0 Å². The number of pyridine rings is 1. The van der Waals surface area contributed by atoms with Crippen LogP contribution in [0.1, 0.15) is 28.2 Å². The molecule has 2 heterocycles. The molecule has 0 amide bonds. The fraction of sp³-hybridized carbons (Fsp3) is 0.222. The predicted molar refractivity (Wildman–Crippen MR) is 86.2 cm³/mol. The number of aryl methyl sites for hydroxylation is 1. The highest BCUT2D eigenvalue weighted by molar-refractivity contribution is 5.36. The van der Waals surface area contributed by atoms with E-state index in [2.05, 4.69) is 10.1 Å². The second kappa shape index (κ2) is 6.87. The van der Waals surface area contributed by atoms with Crippen LogP contribution in [0.5, 0.6) is 0 Å². The van der Waals surface area contributed by atoms with Crippen LogP contribution in [0.25, 0.3) is 5.69 Å². The first kappa shape index (κ1) is 18.1. The van der Waals surface area contributed by atoms with Gasteiger partial charge >= 0.3 is 6.18 Å². The van der Waals surface area contributed by atoms with Gasteiger partial charge in [-0.2, -0.15) is 18.3 Å². The Labute approximate surface area is 146 Å². The van der Waals surface area contributed by atoms with Gasteiger partial charge in [-0.25, -0.2) is 9.07 Å². The van der Waals surface area contributed by atoms with Crippen LogP contribution < -0.4 is 0 Å². The third-order valence-electron chi connectivity index (χ3n) is 3.78. The van der Waals surface area contributed by atoms with Crippen LogP contribution in [-0.4, -0.2) is 19.9 Å². The van der Waals surface area contributed by atoms with Gasteiger partial charge in [0.25, 0.3) is 0 Å². The van der Waals surface area contributed by atoms with Gasteiger partial charge in [-0.3, -0.25) is 4.98 Å². The van der Waals surface area contributed by atoms with Crippen LogP contribution in [0.3, 0.4) is 0 Å². The molecule has 0 aliphatic carbocycles. The summed E-state index contributed by atoms with van der Waals surface area (Å²) in [4.78, 5) is 4.14. The van der Waals surface area contributed by atoms with Crippen molar-refractivity contribution in [2.45, 2.75) is 26.1 Å². The predicted octanol–water partition coefficient (Wildman–Crippen LogP) is 3.82. The van der Waals surface area contributed by atoms with Crippen molar-refractivity contribution >= 4 is 0 Å². The largest absolute Gasteiger partial charge is 0.416 e. The number of aromatic nitrogens is 3. The van der Waals surface area contributed by atoms with E-state index in [-0.39, 0.29) is 18.6 Å². The van der Waals surface area contributed by atoms with Crippen molar-refractivity contribution in [1.29, 1.82) is 0 Å². The number of nitrogens with zero attached hydrogens (tertiary/aromatic N) is 3. The van der Waals surface area contributed by atoms with Crippen molar-refractivity contribution in [3.8, 4) is 5.69 Å². The van der Waals surface area contributed by atoms with E-state index >= 15 is 0 Å². The van der Waals surface area contributed by atoms with Crippen LogP contribution in [0.4, 0.5) is 17.6 Å². The lowest BCUT2D eigenvalue weighted by Crippen LogP contribution is -2.07. The van der Waals surface area contributed by atoms with Gasteiger partial charge in [0, 0.05) is 18.3 Å². The van der Waals surface area contributed by atoms with Gasteiger partial charge in [0.05, 0.1) is 29.2 Å². The Hall–Kier alpha value is -2.74. The molecule has 3 aromatic rings. The third-order valence-corrected chi connectivity index (χ3v) is 3.78. The van der Waals surface area contributed by atoms with Crippen LogP contribution in [0.15, 0.2) is 42.6 Å². The second-order valence-electron chi connectivity index (χ2n) is 5.88. The SMILES string of the molecule is Cc1cc(CO)n(-c2ccnc(Cc3cc(F)cc(C(F)(F)F)c3)c2)n1. The summed E-state index contributed by atoms with van der Waals surface area (Å²) < 4.78 is 53.6. The lowest BCUT2D eigenvalue weighted by atomic mass is 10.0. The van der Waals surface area contributed by atoms with E-state index in [1.165, 1.54) is 10.9 Å². The third kappa shape index (κ3) is 3.91. The van der Waals surface area contributed by atoms with E-state index < -0.39 is 17.6 Å². The quantitative estimate of drug-likeness (QED) is 0.715. The average molecular weight is 365 g/mol. The molecule has 136 valence electrons. The number of aliphatic hydroxyl groups excluding tert-OH is 1. The molecule has 0 bridgehead atoms. The Morgan fingerprint density at radius 3 is 2.58 bits per heavy atom. The van der Waals surface area contributed by atoms with Crippen molar-refractivity contribution in [3.05, 3.63) is 76.6 Å². The van der Waals surface area contributed by atoms with E-state index in [0.717, 1.165) is 12.1 Å². The first-order chi connectivity index (χ1) is 12.3. The first-order valence-electron chi connectivity index (χ1n) is 7.74. The molecule has 1 aromatic carbocycles. The normalized spacial score (nSPS) is 11.8. The van der Waals surface area contributed by atoms with Crippen molar-refractivity contribution in [2.24, 2.45) is 0 Å². The lowest BCUT2D eigenvalue weighted by Gasteiger charge is -2.10. The molecule has 3 rings (SSSR count). The highest BCUT2D eigenvalue weighted by atomic mass is 19.4. The Morgan fingerprint density at radius 2 is 1.88 bits per heavy atom. The van der Waals surface area contributed by atoms with E-state index in [1.807, 2.05) is 0 Å². The van der Waals surface area contributed by atoms with Gasteiger partial charge < -0.3 is 5.11 Å². The van der Waals surface area contributed by atoms with Crippen molar-refractivity contribution in [3.63, 3.8) is 0 Å². The Balaban J connectivity index is 1.94. The molecule has 0 saturated heterocycles. The van der Waals surface area contributed by atoms with E-state index in [0.29, 0.717) is 28.8 Å². The molecule has 0 unspecified atom stereocenters. The molecular weight excluding hydrogens is 350 g/mol. The van der Waals surface area contributed by atoms with E-state index in [9.17, 15) is 22.7 Å². The molecule has 2 aromatic heterocycles. The highest BCUT2D eigenvalue weighted by Crippen LogP contribution is 2.31. The molecule has 0 aliphatic heterocycles. The summed E-state index contributed by atoms with van der Waals surface area (Å²) in [6.45, 7) is 1.57. The molecule has 0 aliphatic rings. The van der Waals surface area contributed by atoms with Crippen LogP contribution in [0, 0.1) is 12.7 Å². The van der Waals surface area contributed by atoms with Crippen LogP contribution in [0.2, 0.25) is 0 Å². The summed E-state index contributed by atoms with van der Waals surface area (Å²) in [6.07, 6.45) is -3.09. The Kier molecular flexibility index (Phi) is 4.78. The maximum absolute atomic E-state index is 13.5. The number of aliphatic hydroxyl groups is 1. The minimum absolute atomic E-state index is 0.0311. The molecule has 26 heavy (non-hydrogen) atoms. The number of benzene rings is 1. The second-order valence-corrected chi connectivity index (χ2v) is 5.88. The van der Waals surface area contributed by atoms with Gasteiger partial charge in [0.15, 0.2) is 0 Å².